The monoisotopic (exact) mass is 285 g/mol. The normalized spacial score (nSPS) is 18.9. The molecule has 1 aliphatic rings. The van der Waals surface area contributed by atoms with Gasteiger partial charge in [0.2, 0.25) is 5.95 Å². The average molecular weight is 285 g/mol. The van der Waals surface area contributed by atoms with Crippen molar-refractivity contribution in [1.82, 2.24) is 14.4 Å². The van der Waals surface area contributed by atoms with Crippen LogP contribution in [0.15, 0.2) is 12.4 Å². The Morgan fingerprint density at radius 2 is 2.38 bits per heavy atom. The number of esters is 1. The minimum Gasteiger partial charge on any atom is -0.469 e. The topological polar surface area (TPSA) is 85.8 Å². The third-order valence-electron chi connectivity index (χ3n) is 3.83. The smallest absolute Gasteiger partial charge is 0.310 e. The Hall–Kier alpha value is -2.25. The summed E-state index contributed by atoms with van der Waals surface area (Å²) in [5, 5.41) is 0. The van der Waals surface area contributed by atoms with E-state index in [2.05, 4.69) is 9.97 Å². The van der Waals surface area contributed by atoms with Crippen LogP contribution in [0.3, 0.4) is 0 Å². The standard InChI is InChI=1S/C13H16BN5O2/c1-21-12(20)8-3-2-5-18(7-8)13-17-10(14)9-11(15)16-4-6-19(9)13/h4,6,8H,2-3,5,7H2,1H3,(H2,15,16). The lowest BCUT2D eigenvalue weighted by molar-refractivity contribution is -0.145. The number of nitrogens with two attached hydrogens (primary N) is 1. The molecule has 1 atom stereocenters. The molecule has 21 heavy (non-hydrogen) atoms. The van der Waals surface area contributed by atoms with Crippen molar-refractivity contribution < 1.29 is 9.53 Å². The molecule has 2 aromatic heterocycles. The number of carbonyl (C=O) groups excluding carboxylic acids is 1. The number of aromatic nitrogens is 3. The van der Waals surface area contributed by atoms with E-state index in [-0.39, 0.29) is 11.9 Å². The molecule has 8 heteroatoms. The molecule has 3 heterocycles. The van der Waals surface area contributed by atoms with Crippen LogP contribution < -0.4 is 16.2 Å². The van der Waals surface area contributed by atoms with Crippen LogP contribution in [0.5, 0.6) is 0 Å². The lowest BCUT2D eigenvalue weighted by Crippen LogP contribution is -2.40. The highest BCUT2D eigenvalue weighted by atomic mass is 16.5. The first-order valence-electron chi connectivity index (χ1n) is 6.82. The first-order chi connectivity index (χ1) is 10.1. The van der Waals surface area contributed by atoms with Crippen molar-refractivity contribution in [3.8, 4) is 0 Å². The van der Waals surface area contributed by atoms with E-state index in [9.17, 15) is 4.79 Å². The molecular formula is C13H16BN5O2. The van der Waals surface area contributed by atoms with E-state index in [0.29, 0.717) is 29.4 Å². The first-order valence-corrected chi connectivity index (χ1v) is 6.82. The highest BCUT2D eigenvalue weighted by Gasteiger charge is 2.28. The number of methoxy groups -OCH3 is 1. The number of rotatable bonds is 2. The highest BCUT2D eigenvalue weighted by Crippen LogP contribution is 2.24. The van der Waals surface area contributed by atoms with E-state index in [1.165, 1.54) is 7.11 Å². The van der Waals surface area contributed by atoms with Crippen LogP contribution in [0.2, 0.25) is 0 Å². The van der Waals surface area contributed by atoms with Gasteiger partial charge in [0, 0.05) is 31.1 Å². The van der Waals surface area contributed by atoms with E-state index >= 15 is 0 Å². The molecule has 2 N–H and O–H groups in total. The van der Waals surface area contributed by atoms with Crippen molar-refractivity contribution in [2.75, 3.05) is 30.8 Å². The summed E-state index contributed by atoms with van der Waals surface area (Å²) in [6.45, 7) is 1.38. The Morgan fingerprint density at radius 3 is 3.14 bits per heavy atom. The fourth-order valence-corrected chi connectivity index (χ4v) is 2.82. The zero-order chi connectivity index (χ0) is 15.0. The summed E-state index contributed by atoms with van der Waals surface area (Å²) in [4.78, 5) is 22.2. The van der Waals surface area contributed by atoms with Gasteiger partial charge in [-0.25, -0.2) is 9.97 Å². The first kappa shape index (κ1) is 13.7. The van der Waals surface area contributed by atoms with Gasteiger partial charge in [0.05, 0.1) is 13.0 Å². The predicted molar refractivity (Wildman–Crippen MR) is 79.7 cm³/mol. The summed E-state index contributed by atoms with van der Waals surface area (Å²) < 4.78 is 6.65. The van der Waals surface area contributed by atoms with Gasteiger partial charge in [0.25, 0.3) is 0 Å². The van der Waals surface area contributed by atoms with Crippen LogP contribution in [0.1, 0.15) is 12.8 Å². The SMILES string of the molecule is [B]c1nc(N2CCCC(C(=O)OC)C2)n2ccnc(N)c12. The second kappa shape index (κ2) is 5.27. The Balaban J connectivity index is 1.97. The number of nitrogen functional groups attached to an aromatic ring is 1. The molecule has 2 aromatic rings. The zero-order valence-electron chi connectivity index (χ0n) is 11.8. The summed E-state index contributed by atoms with van der Waals surface area (Å²) >= 11 is 0. The highest BCUT2D eigenvalue weighted by molar-refractivity contribution is 6.36. The third-order valence-corrected chi connectivity index (χ3v) is 3.83. The molecule has 108 valence electrons. The molecule has 0 aliphatic carbocycles. The van der Waals surface area contributed by atoms with Gasteiger partial charge in [-0.05, 0) is 12.8 Å². The number of fused-ring (bicyclic) bond motifs is 1. The molecule has 3 rings (SSSR count). The molecule has 0 spiro atoms. The fourth-order valence-electron chi connectivity index (χ4n) is 2.82. The van der Waals surface area contributed by atoms with Crippen molar-refractivity contribution in [2.24, 2.45) is 5.92 Å². The molecule has 0 aromatic carbocycles. The van der Waals surface area contributed by atoms with Crippen LogP contribution in [0.25, 0.3) is 5.52 Å². The van der Waals surface area contributed by atoms with Crippen molar-refractivity contribution in [2.45, 2.75) is 12.8 Å². The van der Waals surface area contributed by atoms with Crippen molar-refractivity contribution in [1.29, 1.82) is 0 Å². The largest absolute Gasteiger partial charge is 0.469 e. The number of hydrogen-bond donors (Lipinski definition) is 1. The second-order valence-electron chi connectivity index (χ2n) is 5.14. The predicted octanol–water partition coefficient (Wildman–Crippen LogP) is -0.505. The van der Waals surface area contributed by atoms with Crippen molar-refractivity contribution in [3.63, 3.8) is 0 Å². The third kappa shape index (κ3) is 2.30. The van der Waals surface area contributed by atoms with Crippen molar-refractivity contribution >= 4 is 36.7 Å². The molecule has 7 nitrogen and oxygen atoms in total. The van der Waals surface area contributed by atoms with Gasteiger partial charge in [-0.3, -0.25) is 9.20 Å². The average Bonchev–Trinajstić information content (AvgIpc) is 2.85. The van der Waals surface area contributed by atoms with Gasteiger partial charge in [-0.15, -0.1) is 0 Å². The molecular weight excluding hydrogens is 269 g/mol. The number of hydrogen-bond acceptors (Lipinski definition) is 6. The molecule has 0 amide bonds. The lowest BCUT2D eigenvalue weighted by atomic mass is 9.98. The summed E-state index contributed by atoms with van der Waals surface area (Å²) in [5.74, 6) is 0.701. The Kier molecular flexibility index (Phi) is 3.44. The summed E-state index contributed by atoms with van der Waals surface area (Å²) in [7, 11) is 7.35. The molecule has 1 saturated heterocycles. The Morgan fingerprint density at radius 1 is 1.57 bits per heavy atom. The summed E-state index contributed by atoms with van der Waals surface area (Å²) in [6.07, 6.45) is 5.10. The minimum absolute atomic E-state index is 0.142. The maximum absolute atomic E-state index is 11.7. The number of carbonyl (C=O) groups is 1. The Labute approximate surface area is 123 Å². The molecule has 0 saturated carbocycles. The van der Waals surface area contributed by atoms with Gasteiger partial charge >= 0.3 is 5.97 Å². The molecule has 1 fully saturated rings. The van der Waals surface area contributed by atoms with E-state index in [1.54, 1.807) is 12.4 Å². The number of ether oxygens (including phenoxy) is 1. The molecule has 1 aliphatic heterocycles. The van der Waals surface area contributed by atoms with Crippen molar-refractivity contribution in [3.05, 3.63) is 12.4 Å². The van der Waals surface area contributed by atoms with Crippen LogP contribution in [-0.2, 0) is 9.53 Å². The second-order valence-corrected chi connectivity index (χ2v) is 5.14. The number of nitrogens with zero attached hydrogens (tertiary/aromatic N) is 4. The number of piperidine rings is 1. The van der Waals surface area contributed by atoms with Gasteiger partial charge < -0.3 is 15.4 Å². The van der Waals surface area contributed by atoms with E-state index < -0.39 is 0 Å². The maximum atomic E-state index is 11.7. The van der Waals surface area contributed by atoms with Crippen LogP contribution >= 0.6 is 0 Å². The Bertz CT molecular complexity index is 686. The number of anilines is 2. The summed E-state index contributed by atoms with van der Waals surface area (Å²) in [5.41, 5.74) is 6.80. The number of imidazole rings is 1. The molecule has 1 unspecified atom stereocenters. The molecule has 0 bridgehead atoms. The van der Waals surface area contributed by atoms with Gasteiger partial charge in [0.15, 0.2) is 0 Å². The molecule has 2 radical (unpaired) electrons. The quantitative estimate of drug-likeness (QED) is 0.591. The van der Waals surface area contributed by atoms with E-state index in [1.807, 2.05) is 9.30 Å². The van der Waals surface area contributed by atoms with E-state index in [0.717, 1.165) is 19.4 Å². The van der Waals surface area contributed by atoms with Crippen LogP contribution in [0.4, 0.5) is 11.8 Å². The van der Waals surface area contributed by atoms with Gasteiger partial charge in [-0.1, -0.05) is 0 Å². The maximum Gasteiger partial charge on any atom is 0.310 e. The minimum atomic E-state index is -0.185. The van der Waals surface area contributed by atoms with E-state index in [4.69, 9.17) is 18.3 Å². The van der Waals surface area contributed by atoms with Gasteiger partial charge in [-0.2, -0.15) is 0 Å². The lowest BCUT2D eigenvalue weighted by Gasteiger charge is -2.31. The fraction of sp³-hybridized carbons (Fsp3) is 0.462. The van der Waals surface area contributed by atoms with Crippen LogP contribution in [0, 0.1) is 5.92 Å². The zero-order valence-corrected chi connectivity index (χ0v) is 11.8. The van der Waals surface area contributed by atoms with Gasteiger partial charge in [0.1, 0.15) is 19.2 Å². The van der Waals surface area contributed by atoms with Crippen LogP contribution in [-0.4, -0.2) is 48.4 Å². The summed E-state index contributed by atoms with van der Waals surface area (Å²) in [6, 6.07) is 0.